The number of hydrogen-bond donors (Lipinski definition) is 1. The fourth-order valence-electron chi connectivity index (χ4n) is 1.76. The molecular formula is C13H14N2O3. The third-order valence-corrected chi connectivity index (χ3v) is 2.55. The lowest BCUT2D eigenvalue weighted by molar-refractivity contribution is 0.336. The van der Waals surface area contributed by atoms with Gasteiger partial charge in [-0.15, -0.1) is 0 Å². The first-order valence-corrected chi connectivity index (χ1v) is 5.49. The van der Waals surface area contributed by atoms with E-state index < -0.39 is 5.69 Å². The molecule has 18 heavy (non-hydrogen) atoms. The van der Waals surface area contributed by atoms with Crippen molar-refractivity contribution in [2.75, 3.05) is 14.2 Å². The SMILES string of the molecule is COc1nc(=O)[nH]c(Cc2ccccc2)c1OC. The zero-order valence-corrected chi connectivity index (χ0v) is 10.3. The Labute approximate surface area is 104 Å². The molecule has 1 aromatic carbocycles. The van der Waals surface area contributed by atoms with E-state index in [1.807, 2.05) is 30.3 Å². The average Bonchev–Trinajstić information content (AvgIpc) is 2.39. The fraction of sp³-hybridized carbons (Fsp3) is 0.231. The molecule has 0 aliphatic rings. The maximum Gasteiger partial charge on any atom is 0.348 e. The van der Waals surface area contributed by atoms with Crippen LogP contribution in [0.25, 0.3) is 0 Å². The third-order valence-electron chi connectivity index (χ3n) is 2.55. The summed E-state index contributed by atoms with van der Waals surface area (Å²) in [5, 5.41) is 0. The summed E-state index contributed by atoms with van der Waals surface area (Å²) in [5.74, 6) is 0.660. The van der Waals surface area contributed by atoms with Crippen LogP contribution >= 0.6 is 0 Å². The lowest BCUT2D eigenvalue weighted by Crippen LogP contribution is -2.16. The Morgan fingerprint density at radius 2 is 1.89 bits per heavy atom. The Balaban J connectivity index is 2.43. The van der Waals surface area contributed by atoms with Gasteiger partial charge in [-0.25, -0.2) is 4.79 Å². The number of nitrogens with zero attached hydrogens (tertiary/aromatic N) is 1. The van der Waals surface area contributed by atoms with Gasteiger partial charge in [-0.3, -0.25) is 0 Å². The molecule has 1 heterocycles. The van der Waals surface area contributed by atoms with Gasteiger partial charge in [0.15, 0.2) is 0 Å². The minimum atomic E-state index is -0.446. The van der Waals surface area contributed by atoms with E-state index in [0.29, 0.717) is 17.9 Å². The number of nitrogens with one attached hydrogen (secondary N) is 1. The number of benzene rings is 1. The van der Waals surface area contributed by atoms with Gasteiger partial charge in [0.05, 0.1) is 19.9 Å². The molecule has 0 aliphatic heterocycles. The fourth-order valence-corrected chi connectivity index (χ4v) is 1.76. The van der Waals surface area contributed by atoms with E-state index in [9.17, 15) is 4.79 Å². The molecule has 2 aromatic rings. The minimum Gasteiger partial charge on any atom is -0.490 e. The Kier molecular flexibility index (Phi) is 3.62. The lowest BCUT2D eigenvalue weighted by Gasteiger charge is -2.10. The van der Waals surface area contributed by atoms with E-state index in [1.54, 1.807) is 0 Å². The second-order valence-electron chi connectivity index (χ2n) is 3.73. The van der Waals surface area contributed by atoms with Gasteiger partial charge in [0.2, 0.25) is 5.75 Å². The molecule has 0 unspecified atom stereocenters. The zero-order chi connectivity index (χ0) is 13.0. The van der Waals surface area contributed by atoms with Crippen LogP contribution in [-0.4, -0.2) is 24.2 Å². The molecule has 1 N–H and O–H groups in total. The molecule has 0 aliphatic carbocycles. The number of rotatable bonds is 4. The predicted octanol–water partition coefficient (Wildman–Crippen LogP) is 1.38. The smallest absolute Gasteiger partial charge is 0.348 e. The van der Waals surface area contributed by atoms with E-state index in [4.69, 9.17) is 9.47 Å². The van der Waals surface area contributed by atoms with Gasteiger partial charge in [0.1, 0.15) is 0 Å². The number of H-pyrrole nitrogens is 1. The molecule has 0 spiro atoms. The Morgan fingerprint density at radius 1 is 1.17 bits per heavy atom. The summed E-state index contributed by atoms with van der Waals surface area (Å²) in [7, 11) is 2.98. The van der Waals surface area contributed by atoms with Gasteiger partial charge in [-0.05, 0) is 5.56 Å². The molecule has 5 heteroatoms. The van der Waals surface area contributed by atoms with Crippen molar-refractivity contribution in [1.82, 2.24) is 9.97 Å². The molecule has 94 valence electrons. The third kappa shape index (κ3) is 2.51. The molecule has 0 bridgehead atoms. The van der Waals surface area contributed by atoms with Gasteiger partial charge < -0.3 is 14.5 Å². The Bertz CT molecular complexity index is 579. The average molecular weight is 246 g/mol. The summed E-state index contributed by atoms with van der Waals surface area (Å²) in [4.78, 5) is 17.8. The van der Waals surface area contributed by atoms with Crippen molar-refractivity contribution < 1.29 is 9.47 Å². The van der Waals surface area contributed by atoms with E-state index in [-0.39, 0.29) is 5.88 Å². The molecular weight excluding hydrogens is 232 g/mol. The van der Waals surface area contributed by atoms with Crippen LogP contribution in [0.5, 0.6) is 11.6 Å². The van der Waals surface area contributed by atoms with E-state index >= 15 is 0 Å². The maximum absolute atomic E-state index is 11.4. The number of aromatic nitrogens is 2. The van der Waals surface area contributed by atoms with E-state index in [2.05, 4.69) is 9.97 Å². The monoisotopic (exact) mass is 246 g/mol. The quantitative estimate of drug-likeness (QED) is 0.885. The van der Waals surface area contributed by atoms with Crippen LogP contribution in [0.2, 0.25) is 0 Å². The maximum atomic E-state index is 11.4. The largest absolute Gasteiger partial charge is 0.490 e. The van der Waals surface area contributed by atoms with Gasteiger partial charge in [0.25, 0.3) is 5.88 Å². The first-order chi connectivity index (χ1) is 8.74. The number of ether oxygens (including phenoxy) is 2. The summed E-state index contributed by atoms with van der Waals surface area (Å²) >= 11 is 0. The van der Waals surface area contributed by atoms with Crippen molar-refractivity contribution in [1.29, 1.82) is 0 Å². The minimum absolute atomic E-state index is 0.201. The van der Waals surface area contributed by atoms with E-state index in [0.717, 1.165) is 5.56 Å². The number of methoxy groups -OCH3 is 2. The highest BCUT2D eigenvalue weighted by atomic mass is 16.5. The summed E-state index contributed by atoms with van der Waals surface area (Å²) in [6.45, 7) is 0. The van der Waals surface area contributed by atoms with Crippen molar-refractivity contribution in [3.63, 3.8) is 0 Å². The van der Waals surface area contributed by atoms with Crippen molar-refractivity contribution in [3.8, 4) is 11.6 Å². The van der Waals surface area contributed by atoms with Crippen molar-refractivity contribution in [2.24, 2.45) is 0 Å². The predicted molar refractivity (Wildman–Crippen MR) is 67.2 cm³/mol. The molecule has 0 fully saturated rings. The van der Waals surface area contributed by atoms with E-state index in [1.165, 1.54) is 14.2 Å². The van der Waals surface area contributed by atoms with Gasteiger partial charge >= 0.3 is 5.69 Å². The molecule has 0 saturated carbocycles. The van der Waals surface area contributed by atoms with Crippen molar-refractivity contribution in [3.05, 3.63) is 52.1 Å². The molecule has 0 atom stereocenters. The molecule has 0 radical (unpaired) electrons. The highest BCUT2D eigenvalue weighted by Gasteiger charge is 2.13. The van der Waals surface area contributed by atoms with Crippen LogP contribution in [0.15, 0.2) is 35.1 Å². The standard InChI is InChI=1S/C13H14N2O3/c1-17-11-10(8-9-6-4-3-5-7-9)14-13(16)15-12(11)18-2/h3-7H,8H2,1-2H3,(H,14,15,16). The first kappa shape index (κ1) is 12.2. The summed E-state index contributed by atoms with van der Waals surface area (Å²) in [6.07, 6.45) is 0.554. The van der Waals surface area contributed by atoms with Crippen LogP contribution in [0.1, 0.15) is 11.3 Å². The molecule has 1 aromatic heterocycles. The van der Waals surface area contributed by atoms with Crippen LogP contribution in [-0.2, 0) is 6.42 Å². The van der Waals surface area contributed by atoms with Crippen LogP contribution in [0.4, 0.5) is 0 Å². The molecule has 2 rings (SSSR count). The van der Waals surface area contributed by atoms with Crippen molar-refractivity contribution in [2.45, 2.75) is 6.42 Å². The van der Waals surface area contributed by atoms with Crippen LogP contribution < -0.4 is 15.2 Å². The Morgan fingerprint density at radius 3 is 2.50 bits per heavy atom. The number of aromatic amines is 1. The first-order valence-electron chi connectivity index (χ1n) is 5.49. The molecule has 0 saturated heterocycles. The highest BCUT2D eigenvalue weighted by molar-refractivity contribution is 5.39. The van der Waals surface area contributed by atoms with Gasteiger partial charge in [0, 0.05) is 6.42 Å². The van der Waals surface area contributed by atoms with Crippen LogP contribution in [0, 0.1) is 0 Å². The second-order valence-corrected chi connectivity index (χ2v) is 3.73. The van der Waals surface area contributed by atoms with Gasteiger partial charge in [-0.2, -0.15) is 4.98 Å². The number of hydrogen-bond acceptors (Lipinski definition) is 4. The zero-order valence-electron chi connectivity index (χ0n) is 10.3. The van der Waals surface area contributed by atoms with Crippen molar-refractivity contribution >= 4 is 0 Å². The topological polar surface area (TPSA) is 64.2 Å². The van der Waals surface area contributed by atoms with Gasteiger partial charge in [-0.1, -0.05) is 30.3 Å². The molecule has 5 nitrogen and oxygen atoms in total. The normalized spacial score (nSPS) is 10.1. The van der Waals surface area contributed by atoms with Crippen LogP contribution in [0.3, 0.4) is 0 Å². The molecule has 0 amide bonds. The summed E-state index contributed by atoms with van der Waals surface area (Å²) in [6, 6.07) is 9.78. The highest BCUT2D eigenvalue weighted by Crippen LogP contribution is 2.26. The summed E-state index contributed by atoms with van der Waals surface area (Å²) < 4.78 is 10.3. The summed E-state index contributed by atoms with van der Waals surface area (Å²) in [5.41, 5.74) is 1.28. The Hall–Kier alpha value is -2.30. The second kappa shape index (κ2) is 5.35. The lowest BCUT2D eigenvalue weighted by atomic mass is 10.1.